The van der Waals surface area contributed by atoms with E-state index in [4.69, 9.17) is 14.2 Å². The summed E-state index contributed by atoms with van der Waals surface area (Å²) >= 11 is 0. The fourth-order valence-electron chi connectivity index (χ4n) is 8.01. The van der Waals surface area contributed by atoms with Gasteiger partial charge in [0.15, 0.2) is 6.10 Å². The molecule has 0 spiro atoms. The predicted molar refractivity (Wildman–Crippen MR) is 325 cm³/mol. The van der Waals surface area contributed by atoms with E-state index in [9.17, 15) is 14.4 Å². The van der Waals surface area contributed by atoms with Crippen molar-refractivity contribution in [3.8, 4) is 0 Å². The fraction of sp³-hybridized carbons (Fsp3) is 0.638. The van der Waals surface area contributed by atoms with Gasteiger partial charge in [-0.05, 0) is 141 Å². The Morgan fingerprint density at radius 1 is 0.280 bits per heavy atom. The van der Waals surface area contributed by atoms with Crippen LogP contribution in [0.3, 0.4) is 0 Å². The Bertz CT molecular complexity index is 1620. The molecule has 0 aromatic rings. The Morgan fingerprint density at radius 3 is 0.840 bits per heavy atom. The molecule has 0 aliphatic heterocycles. The van der Waals surface area contributed by atoms with Crippen molar-refractivity contribution in [3.05, 3.63) is 134 Å². The molecule has 1 unspecified atom stereocenters. The van der Waals surface area contributed by atoms with Gasteiger partial charge in [0, 0.05) is 19.3 Å². The Morgan fingerprint density at radius 2 is 0.520 bits per heavy atom. The van der Waals surface area contributed by atoms with Crippen molar-refractivity contribution in [1.82, 2.24) is 0 Å². The molecule has 0 bridgehead atoms. The summed E-state index contributed by atoms with van der Waals surface area (Å²) in [5.74, 6) is -0.953. The molecule has 6 nitrogen and oxygen atoms in total. The Labute approximate surface area is 462 Å². The molecule has 0 amide bonds. The maximum atomic E-state index is 12.8. The summed E-state index contributed by atoms with van der Waals surface area (Å²) in [6.07, 6.45) is 87.4. The first-order valence-electron chi connectivity index (χ1n) is 30.7. The van der Waals surface area contributed by atoms with E-state index in [0.717, 1.165) is 148 Å². The van der Waals surface area contributed by atoms with Crippen LogP contribution < -0.4 is 0 Å². The van der Waals surface area contributed by atoms with Gasteiger partial charge in [-0.1, -0.05) is 238 Å². The topological polar surface area (TPSA) is 78.9 Å². The second-order valence-electron chi connectivity index (χ2n) is 19.9. The minimum Gasteiger partial charge on any atom is -0.462 e. The smallest absolute Gasteiger partial charge is 0.306 e. The highest BCUT2D eigenvalue weighted by Crippen LogP contribution is 2.13. The van der Waals surface area contributed by atoms with E-state index in [0.29, 0.717) is 19.3 Å². The van der Waals surface area contributed by atoms with Gasteiger partial charge in [-0.15, -0.1) is 0 Å². The summed E-state index contributed by atoms with van der Waals surface area (Å²) in [4.78, 5) is 38.1. The number of hydrogen-bond acceptors (Lipinski definition) is 6. The van der Waals surface area contributed by atoms with Gasteiger partial charge in [-0.25, -0.2) is 0 Å². The summed E-state index contributed by atoms with van der Waals surface area (Å²) in [6.45, 7) is 6.45. The van der Waals surface area contributed by atoms with Crippen molar-refractivity contribution in [2.24, 2.45) is 0 Å². The van der Waals surface area contributed by atoms with Crippen molar-refractivity contribution < 1.29 is 28.6 Å². The summed E-state index contributed by atoms with van der Waals surface area (Å²) in [5.41, 5.74) is 0. The SMILES string of the molecule is CC/C=C\C/C=C\C/C=C\C/C=C\C/C=C\C/C=C\C/C=C\C/C=C\C/C=C\CCCCCC(=O)OCC(COC(=O)CCCCCCC/C=C\CCCCCC)OC(=O)CCCCCCC/C=C\CCCCCC. The van der Waals surface area contributed by atoms with Gasteiger partial charge < -0.3 is 14.2 Å². The number of ether oxygens (including phenoxy) is 3. The van der Waals surface area contributed by atoms with E-state index < -0.39 is 6.10 Å². The van der Waals surface area contributed by atoms with Gasteiger partial charge in [-0.3, -0.25) is 14.4 Å². The number of carbonyl (C=O) groups excluding carboxylic acids is 3. The maximum absolute atomic E-state index is 12.8. The normalized spacial score (nSPS) is 13.1. The molecule has 0 aliphatic carbocycles. The number of allylic oxidation sites excluding steroid dienone is 22. The van der Waals surface area contributed by atoms with Crippen molar-refractivity contribution in [2.45, 2.75) is 271 Å². The van der Waals surface area contributed by atoms with Crippen molar-refractivity contribution >= 4 is 17.9 Å². The van der Waals surface area contributed by atoms with Gasteiger partial charge in [0.2, 0.25) is 0 Å². The first-order valence-corrected chi connectivity index (χ1v) is 30.7. The molecule has 0 aliphatic rings. The van der Waals surface area contributed by atoms with E-state index in [1.807, 2.05) is 0 Å². The van der Waals surface area contributed by atoms with Crippen LogP contribution in [0.2, 0.25) is 0 Å². The largest absolute Gasteiger partial charge is 0.462 e. The first kappa shape index (κ1) is 70.5. The lowest BCUT2D eigenvalue weighted by atomic mass is 10.1. The Kier molecular flexibility index (Phi) is 58.4. The van der Waals surface area contributed by atoms with Crippen molar-refractivity contribution in [3.63, 3.8) is 0 Å². The van der Waals surface area contributed by atoms with Crippen LogP contribution in [0.1, 0.15) is 265 Å². The highest BCUT2D eigenvalue weighted by Gasteiger charge is 2.19. The van der Waals surface area contributed by atoms with Gasteiger partial charge in [-0.2, -0.15) is 0 Å². The van der Waals surface area contributed by atoms with Crippen LogP contribution in [0.15, 0.2) is 134 Å². The zero-order chi connectivity index (χ0) is 54.3. The summed E-state index contributed by atoms with van der Waals surface area (Å²) in [6, 6.07) is 0. The molecule has 0 aromatic carbocycles. The second kappa shape index (κ2) is 62.1. The van der Waals surface area contributed by atoms with Crippen LogP contribution >= 0.6 is 0 Å². The van der Waals surface area contributed by atoms with Gasteiger partial charge in [0.05, 0.1) is 0 Å². The molecule has 424 valence electrons. The molecule has 0 N–H and O–H groups in total. The van der Waals surface area contributed by atoms with Crippen LogP contribution in [0.25, 0.3) is 0 Å². The number of hydrogen-bond donors (Lipinski definition) is 0. The molecule has 75 heavy (non-hydrogen) atoms. The van der Waals surface area contributed by atoms with Crippen LogP contribution in [0, 0.1) is 0 Å². The molecule has 0 aromatic heterocycles. The zero-order valence-electron chi connectivity index (χ0n) is 48.5. The maximum Gasteiger partial charge on any atom is 0.306 e. The number of esters is 3. The van der Waals surface area contributed by atoms with E-state index in [1.54, 1.807) is 0 Å². The third kappa shape index (κ3) is 60.3. The average Bonchev–Trinajstić information content (AvgIpc) is 3.41. The van der Waals surface area contributed by atoms with Crippen molar-refractivity contribution in [2.75, 3.05) is 13.2 Å². The molecule has 0 saturated heterocycles. The molecule has 0 fully saturated rings. The van der Waals surface area contributed by atoms with Gasteiger partial charge in [0.25, 0.3) is 0 Å². The molecule has 0 rings (SSSR count). The monoisotopic (exact) mass is 1040 g/mol. The van der Waals surface area contributed by atoms with Crippen LogP contribution in [0.4, 0.5) is 0 Å². The summed E-state index contributed by atoms with van der Waals surface area (Å²) in [5, 5.41) is 0. The average molecular weight is 1040 g/mol. The summed E-state index contributed by atoms with van der Waals surface area (Å²) in [7, 11) is 0. The second-order valence-corrected chi connectivity index (χ2v) is 19.9. The molecule has 0 radical (unpaired) electrons. The lowest BCUT2D eigenvalue weighted by Gasteiger charge is -2.18. The third-order valence-corrected chi connectivity index (χ3v) is 12.6. The Hall–Kier alpha value is -4.45. The standard InChI is InChI=1S/C69H112O6/c1-4-7-10-13-16-19-22-25-26-27-28-29-30-31-32-33-34-35-36-37-38-39-40-41-42-45-47-50-53-56-59-62-68(71)74-65-66(75-69(72)63-60-57-54-51-48-44-24-21-18-15-12-9-6-3)64-73-67(70)61-58-55-52-49-46-43-23-20-17-14-11-8-5-2/h7,10,16,19-21,23-26,28-29,31-32,34-35,37-38,40-41,45,47,66H,4-6,8-9,11-15,17-18,22,27,30,33,36,39,42-44,46,48-65H2,1-3H3/b10-7-,19-16-,23-20-,24-21-,26-25-,29-28-,32-31-,35-34-,38-37-,41-40-,47-45-. The van der Waals surface area contributed by atoms with Gasteiger partial charge in [0.1, 0.15) is 13.2 Å². The van der Waals surface area contributed by atoms with E-state index in [2.05, 4.69) is 154 Å². The first-order chi connectivity index (χ1) is 37.0. The van der Waals surface area contributed by atoms with E-state index in [-0.39, 0.29) is 31.1 Å². The number of rotatable bonds is 54. The van der Waals surface area contributed by atoms with Gasteiger partial charge >= 0.3 is 17.9 Å². The number of unbranched alkanes of at least 4 members (excludes halogenated alkanes) is 21. The zero-order valence-corrected chi connectivity index (χ0v) is 48.5. The van der Waals surface area contributed by atoms with Crippen LogP contribution in [0.5, 0.6) is 0 Å². The molecular formula is C69H112O6. The Balaban J connectivity index is 4.36. The molecule has 0 heterocycles. The molecular weight excluding hydrogens is 925 g/mol. The third-order valence-electron chi connectivity index (χ3n) is 12.6. The van der Waals surface area contributed by atoms with E-state index >= 15 is 0 Å². The molecule has 1 atom stereocenters. The molecule has 0 saturated carbocycles. The van der Waals surface area contributed by atoms with Crippen LogP contribution in [-0.2, 0) is 28.6 Å². The minimum absolute atomic E-state index is 0.0992. The molecule has 6 heteroatoms. The minimum atomic E-state index is -0.803. The summed E-state index contributed by atoms with van der Waals surface area (Å²) < 4.78 is 16.8. The quantitative estimate of drug-likeness (QED) is 0.0261. The van der Waals surface area contributed by atoms with Crippen molar-refractivity contribution in [1.29, 1.82) is 0 Å². The van der Waals surface area contributed by atoms with E-state index in [1.165, 1.54) is 77.0 Å². The van der Waals surface area contributed by atoms with Crippen LogP contribution in [-0.4, -0.2) is 37.2 Å². The number of carbonyl (C=O) groups is 3. The lowest BCUT2D eigenvalue weighted by Crippen LogP contribution is -2.30. The fourth-order valence-corrected chi connectivity index (χ4v) is 8.01. The highest BCUT2D eigenvalue weighted by atomic mass is 16.6. The lowest BCUT2D eigenvalue weighted by molar-refractivity contribution is -0.167. The highest BCUT2D eigenvalue weighted by molar-refractivity contribution is 5.71. The predicted octanol–water partition coefficient (Wildman–Crippen LogP) is 21.0.